The van der Waals surface area contributed by atoms with E-state index in [-0.39, 0.29) is 12.1 Å². The lowest BCUT2D eigenvalue weighted by molar-refractivity contribution is 0.167. The van der Waals surface area contributed by atoms with Crippen molar-refractivity contribution >= 4 is 0 Å². The Labute approximate surface area is 127 Å². The van der Waals surface area contributed by atoms with E-state index in [1.807, 2.05) is 17.9 Å². The molecule has 0 amide bonds. The molecule has 0 saturated heterocycles. The van der Waals surface area contributed by atoms with Gasteiger partial charge in [0.15, 0.2) is 0 Å². The van der Waals surface area contributed by atoms with Crippen LogP contribution in [0.5, 0.6) is 0 Å². The van der Waals surface area contributed by atoms with E-state index in [0.29, 0.717) is 0 Å². The normalized spacial score (nSPS) is 14.3. The average Bonchev–Trinajstić information content (AvgIpc) is 2.86. The molecule has 4 heteroatoms. The van der Waals surface area contributed by atoms with Gasteiger partial charge in [0.2, 0.25) is 0 Å². The second kappa shape index (κ2) is 7.38. The molecule has 21 heavy (non-hydrogen) atoms. The van der Waals surface area contributed by atoms with Crippen LogP contribution in [0.1, 0.15) is 37.4 Å². The van der Waals surface area contributed by atoms with Crippen LogP contribution in [-0.2, 0) is 13.6 Å². The minimum Gasteiger partial charge on any atom is -0.326 e. The fraction of sp³-hybridized carbons (Fsp3) is 0.471. The Hall–Kier alpha value is -1.65. The number of nitrogens with two attached hydrogens (primary N) is 1. The van der Waals surface area contributed by atoms with E-state index in [2.05, 4.69) is 60.4 Å². The standard InChI is InChI=1S/C17H26N4/c1-4-10-21(12-15-8-6-5-7-9-15)17(14(2)18)16-11-19-20(3)13-16/h5-9,11,13-14,17H,4,10,12,18H2,1-3H3. The van der Waals surface area contributed by atoms with Crippen molar-refractivity contribution in [3.63, 3.8) is 0 Å². The van der Waals surface area contributed by atoms with Crippen LogP contribution < -0.4 is 5.73 Å². The van der Waals surface area contributed by atoms with Crippen LogP contribution in [0, 0.1) is 0 Å². The van der Waals surface area contributed by atoms with E-state index >= 15 is 0 Å². The highest BCUT2D eigenvalue weighted by atomic mass is 15.3. The number of rotatable bonds is 7. The maximum atomic E-state index is 6.28. The minimum absolute atomic E-state index is 0.0597. The summed E-state index contributed by atoms with van der Waals surface area (Å²) in [4.78, 5) is 2.46. The van der Waals surface area contributed by atoms with Crippen molar-refractivity contribution in [1.29, 1.82) is 0 Å². The van der Waals surface area contributed by atoms with Crippen LogP contribution in [0.15, 0.2) is 42.7 Å². The van der Waals surface area contributed by atoms with Gasteiger partial charge in [-0.25, -0.2) is 0 Å². The van der Waals surface area contributed by atoms with Crippen LogP contribution in [0.4, 0.5) is 0 Å². The van der Waals surface area contributed by atoms with Gasteiger partial charge in [-0.05, 0) is 25.5 Å². The first kappa shape index (κ1) is 15.7. The predicted molar refractivity (Wildman–Crippen MR) is 86.7 cm³/mol. The van der Waals surface area contributed by atoms with Crippen LogP contribution in [0.2, 0.25) is 0 Å². The topological polar surface area (TPSA) is 47.1 Å². The Morgan fingerprint density at radius 2 is 2.00 bits per heavy atom. The first-order valence-corrected chi connectivity index (χ1v) is 7.64. The summed E-state index contributed by atoms with van der Waals surface area (Å²) in [5, 5.41) is 4.30. The molecule has 4 nitrogen and oxygen atoms in total. The summed E-state index contributed by atoms with van der Waals surface area (Å²) < 4.78 is 1.84. The number of benzene rings is 1. The maximum absolute atomic E-state index is 6.28. The van der Waals surface area contributed by atoms with E-state index in [4.69, 9.17) is 5.73 Å². The van der Waals surface area contributed by atoms with Crippen molar-refractivity contribution in [2.75, 3.05) is 6.54 Å². The van der Waals surface area contributed by atoms with Crippen molar-refractivity contribution < 1.29 is 0 Å². The highest BCUT2D eigenvalue weighted by molar-refractivity contribution is 5.17. The monoisotopic (exact) mass is 286 g/mol. The van der Waals surface area contributed by atoms with Crippen molar-refractivity contribution in [1.82, 2.24) is 14.7 Å². The van der Waals surface area contributed by atoms with Crippen molar-refractivity contribution in [3.05, 3.63) is 53.9 Å². The largest absolute Gasteiger partial charge is 0.326 e. The molecule has 1 heterocycles. The number of aromatic nitrogens is 2. The molecule has 0 spiro atoms. The highest BCUT2D eigenvalue weighted by Gasteiger charge is 2.24. The smallest absolute Gasteiger partial charge is 0.0538 e. The predicted octanol–water partition coefficient (Wildman–Crippen LogP) is 2.72. The number of hydrogen-bond acceptors (Lipinski definition) is 3. The van der Waals surface area contributed by atoms with Crippen LogP contribution in [0.25, 0.3) is 0 Å². The van der Waals surface area contributed by atoms with Crippen LogP contribution >= 0.6 is 0 Å². The zero-order valence-electron chi connectivity index (χ0n) is 13.2. The fourth-order valence-corrected chi connectivity index (χ4v) is 2.86. The van der Waals surface area contributed by atoms with Crippen molar-refractivity contribution in [3.8, 4) is 0 Å². The number of hydrogen-bond donors (Lipinski definition) is 1. The average molecular weight is 286 g/mol. The fourth-order valence-electron chi connectivity index (χ4n) is 2.86. The number of aryl methyl sites for hydroxylation is 1. The van der Waals surface area contributed by atoms with E-state index in [9.17, 15) is 0 Å². The van der Waals surface area contributed by atoms with Gasteiger partial charge in [0, 0.05) is 31.4 Å². The molecular formula is C17H26N4. The molecule has 2 atom stereocenters. The molecule has 2 N–H and O–H groups in total. The van der Waals surface area contributed by atoms with Gasteiger partial charge < -0.3 is 5.73 Å². The molecule has 0 aliphatic carbocycles. The van der Waals surface area contributed by atoms with Gasteiger partial charge in [0.05, 0.1) is 12.2 Å². The third-order valence-corrected chi connectivity index (χ3v) is 3.70. The summed E-state index contributed by atoms with van der Waals surface area (Å²) in [5.74, 6) is 0. The number of nitrogens with zero attached hydrogens (tertiary/aromatic N) is 3. The Balaban J connectivity index is 2.24. The van der Waals surface area contributed by atoms with Gasteiger partial charge in [0.25, 0.3) is 0 Å². The van der Waals surface area contributed by atoms with E-state index in [0.717, 1.165) is 19.5 Å². The zero-order chi connectivity index (χ0) is 15.2. The lowest BCUT2D eigenvalue weighted by atomic mass is 10.0. The molecule has 0 fully saturated rings. The Morgan fingerprint density at radius 3 is 2.52 bits per heavy atom. The lowest BCUT2D eigenvalue weighted by Gasteiger charge is -2.33. The summed E-state index contributed by atoms with van der Waals surface area (Å²) in [7, 11) is 1.95. The highest BCUT2D eigenvalue weighted by Crippen LogP contribution is 2.25. The van der Waals surface area contributed by atoms with E-state index in [1.165, 1.54) is 11.1 Å². The Bertz CT molecular complexity index is 533. The molecular weight excluding hydrogens is 260 g/mol. The molecule has 1 aromatic heterocycles. The van der Waals surface area contributed by atoms with Gasteiger partial charge in [-0.3, -0.25) is 9.58 Å². The quantitative estimate of drug-likeness (QED) is 0.851. The third-order valence-electron chi connectivity index (χ3n) is 3.70. The molecule has 1 aromatic carbocycles. The molecule has 2 aromatic rings. The van der Waals surface area contributed by atoms with Crippen molar-refractivity contribution in [2.45, 2.75) is 38.9 Å². The molecule has 2 unspecified atom stereocenters. The molecule has 0 aliphatic heterocycles. The molecule has 114 valence electrons. The maximum Gasteiger partial charge on any atom is 0.0538 e. The first-order valence-electron chi connectivity index (χ1n) is 7.64. The van der Waals surface area contributed by atoms with E-state index in [1.54, 1.807) is 0 Å². The molecule has 0 aliphatic rings. The van der Waals surface area contributed by atoms with Gasteiger partial charge in [-0.15, -0.1) is 0 Å². The summed E-state index contributed by atoms with van der Waals surface area (Å²) in [6, 6.07) is 10.8. The molecule has 0 radical (unpaired) electrons. The van der Waals surface area contributed by atoms with Gasteiger partial charge in [-0.2, -0.15) is 5.10 Å². The second-order valence-electron chi connectivity index (χ2n) is 5.71. The zero-order valence-corrected chi connectivity index (χ0v) is 13.2. The Kier molecular flexibility index (Phi) is 5.53. The summed E-state index contributed by atoms with van der Waals surface area (Å²) in [5.41, 5.74) is 8.80. The van der Waals surface area contributed by atoms with Gasteiger partial charge in [0.1, 0.15) is 0 Å². The molecule has 2 rings (SSSR count). The Morgan fingerprint density at radius 1 is 1.29 bits per heavy atom. The summed E-state index contributed by atoms with van der Waals surface area (Å²) >= 11 is 0. The summed E-state index contributed by atoms with van der Waals surface area (Å²) in [6.07, 6.45) is 5.11. The minimum atomic E-state index is 0.0597. The summed E-state index contributed by atoms with van der Waals surface area (Å²) in [6.45, 7) is 6.22. The SMILES string of the molecule is CCCN(Cc1ccccc1)C(c1cnn(C)c1)C(C)N. The second-order valence-corrected chi connectivity index (χ2v) is 5.71. The first-order chi connectivity index (χ1) is 10.1. The van der Waals surface area contributed by atoms with Crippen LogP contribution in [-0.4, -0.2) is 27.3 Å². The van der Waals surface area contributed by atoms with Crippen LogP contribution in [0.3, 0.4) is 0 Å². The van der Waals surface area contributed by atoms with Gasteiger partial charge >= 0.3 is 0 Å². The van der Waals surface area contributed by atoms with E-state index < -0.39 is 0 Å². The van der Waals surface area contributed by atoms with Gasteiger partial charge in [-0.1, -0.05) is 37.3 Å². The van der Waals surface area contributed by atoms with Crippen molar-refractivity contribution in [2.24, 2.45) is 12.8 Å². The lowest BCUT2D eigenvalue weighted by Crippen LogP contribution is -2.39. The molecule has 0 bridgehead atoms. The molecule has 0 saturated carbocycles. The third kappa shape index (κ3) is 4.16.